The van der Waals surface area contributed by atoms with Gasteiger partial charge in [0.25, 0.3) is 0 Å². The van der Waals surface area contributed by atoms with Crippen LogP contribution in [-0.2, 0) is 0 Å². The Hall–Kier alpha value is -2.47. The quantitative estimate of drug-likeness (QED) is 0.675. The summed E-state index contributed by atoms with van der Waals surface area (Å²) in [6, 6.07) is 7.50. The number of piperidine rings is 1. The number of fused-ring (bicyclic) bond motifs is 2. The Kier molecular flexibility index (Phi) is 3.85. The van der Waals surface area contributed by atoms with Gasteiger partial charge in [0.1, 0.15) is 17.9 Å². The molecular formula is C20H19NO4S. The number of benzene rings is 1. The minimum atomic E-state index is 0.0283. The van der Waals surface area contributed by atoms with Crippen LogP contribution in [0.5, 0.6) is 11.5 Å². The van der Waals surface area contributed by atoms with Crippen LogP contribution >= 0.6 is 11.3 Å². The fourth-order valence-electron chi connectivity index (χ4n) is 3.61. The number of hydrogen-bond acceptors (Lipinski definition) is 6. The lowest BCUT2D eigenvalue weighted by atomic mass is 10.1. The van der Waals surface area contributed by atoms with Crippen molar-refractivity contribution in [3.63, 3.8) is 0 Å². The molecular weight excluding hydrogens is 350 g/mol. The van der Waals surface area contributed by atoms with Crippen LogP contribution in [0.1, 0.15) is 19.3 Å². The van der Waals surface area contributed by atoms with Crippen LogP contribution in [0.25, 0.3) is 21.4 Å². The molecule has 1 saturated heterocycles. The highest BCUT2D eigenvalue weighted by atomic mass is 32.1. The summed E-state index contributed by atoms with van der Waals surface area (Å²) in [6.45, 7) is 3.01. The van der Waals surface area contributed by atoms with Gasteiger partial charge in [-0.25, -0.2) is 0 Å². The third-order valence-corrected chi connectivity index (χ3v) is 5.93. The molecule has 5 rings (SSSR count). The highest BCUT2D eigenvalue weighted by Crippen LogP contribution is 2.39. The zero-order valence-electron chi connectivity index (χ0n) is 14.3. The predicted molar refractivity (Wildman–Crippen MR) is 103 cm³/mol. The van der Waals surface area contributed by atoms with Crippen molar-refractivity contribution in [1.29, 1.82) is 0 Å². The molecule has 1 aromatic carbocycles. The molecule has 0 atom stereocenters. The summed E-state index contributed by atoms with van der Waals surface area (Å²) in [5.74, 6) is 2.18. The predicted octanol–water partition coefficient (Wildman–Crippen LogP) is 4.28. The van der Waals surface area contributed by atoms with Crippen molar-refractivity contribution in [3.05, 3.63) is 39.9 Å². The second-order valence-corrected chi connectivity index (χ2v) is 7.54. The van der Waals surface area contributed by atoms with Crippen LogP contribution in [0.4, 0.5) is 5.88 Å². The molecule has 0 spiro atoms. The van der Waals surface area contributed by atoms with Gasteiger partial charge in [0, 0.05) is 30.1 Å². The fourth-order valence-corrected chi connectivity index (χ4v) is 4.52. The molecule has 3 aromatic rings. The maximum Gasteiger partial charge on any atom is 0.204 e. The normalized spacial score (nSPS) is 16.8. The first-order valence-electron chi connectivity index (χ1n) is 9.00. The van der Waals surface area contributed by atoms with E-state index in [1.807, 2.05) is 23.6 Å². The van der Waals surface area contributed by atoms with Crippen molar-refractivity contribution in [2.75, 3.05) is 31.2 Å². The largest absolute Gasteiger partial charge is 0.486 e. The average Bonchev–Trinajstić information content (AvgIpc) is 3.13. The molecule has 1 fully saturated rings. The Morgan fingerprint density at radius 3 is 2.62 bits per heavy atom. The highest BCUT2D eigenvalue weighted by Gasteiger charge is 2.20. The zero-order chi connectivity index (χ0) is 17.5. The van der Waals surface area contributed by atoms with Crippen LogP contribution in [0.3, 0.4) is 0 Å². The lowest BCUT2D eigenvalue weighted by molar-refractivity contribution is 0.171. The molecule has 2 aliphatic heterocycles. The summed E-state index contributed by atoms with van der Waals surface area (Å²) in [5.41, 5.74) is 2.60. The number of nitrogens with zero attached hydrogens (tertiary/aromatic N) is 1. The Bertz CT molecular complexity index is 1020. The Morgan fingerprint density at radius 2 is 1.77 bits per heavy atom. The summed E-state index contributed by atoms with van der Waals surface area (Å²) in [4.78, 5) is 14.8. The smallest absolute Gasteiger partial charge is 0.204 e. The lowest BCUT2D eigenvalue weighted by Gasteiger charge is -2.26. The molecule has 0 amide bonds. The number of thiophene rings is 1. The van der Waals surface area contributed by atoms with E-state index in [4.69, 9.17) is 13.9 Å². The molecule has 134 valence electrons. The van der Waals surface area contributed by atoms with Gasteiger partial charge in [0.05, 0.1) is 0 Å². The Labute approximate surface area is 154 Å². The standard InChI is InChI=1S/C20H19NO4S/c22-15-11-18(21-6-2-1-3-7-21)25-19-14(12-26-20(15)19)13-4-5-16-17(10-13)24-9-8-23-16/h4-5,10-12H,1-3,6-9H2. The van der Waals surface area contributed by atoms with Gasteiger partial charge < -0.3 is 18.8 Å². The van der Waals surface area contributed by atoms with Gasteiger partial charge in [-0.15, -0.1) is 11.3 Å². The molecule has 5 nitrogen and oxygen atoms in total. The first kappa shape index (κ1) is 15.8. The summed E-state index contributed by atoms with van der Waals surface area (Å²) in [7, 11) is 0. The van der Waals surface area contributed by atoms with Gasteiger partial charge in [-0.05, 0) is 37.0 Å². The molecule has 6 heteroatoms. The van der Waals surface area contributed by atoms with Crippen molar-refractivity contribution < 1.29 is 13.9 Å². The first-order chi connectivity index (χ1) is 12.8. The summed E-state index contributed by atoms with van der Waals surface area (Å²) < 4.78 is 18.2. The van der Waals surface area contributed by atoms with Crippen molar-refractivity contribution in [2.24, 2.45) is 0 Å². The second-order valence-electron chi connectivity index (χ2n) is 6.66. The maximum atomic E-state index is 12.6. The molecule has 2 aliphatic rings. The van der Waals surface area contributed by atoms with E-state index < -0.39 is 0 Å². The third kappa shape index (κ3) is 2.65. The van der Waals surface area contributed by atoms with Gasteiger partial charge in [-0.1, -0.05) is 6.07 Å². The summed E-state index contributed by atoms with van der Waals surface area (Å²) >= 11 is 1.43. The number of anilines is 1. The van der Waals surface area contributed by atoms with Crippen LogP contribution < -0.4 is 19.8 Å². The number of hydrogen-bond donors (Lipinski definition) is 0. The SMILES string of the molecule is O=c1cc(N2CCCCC2)oc2c(-c3ccc4c(c3)OCCO4)csc12. The molecule has 2 aromatic heterocycles. The molecule has 26 heavy (non-hydrogen) atoms. The molecule has 0 radical (unpaired) electrons. The van der Waals surface area contributed by atoms with Crippen LogP contribution in [0.2, 0.25) is 0 Å². The van der Waals surface area contributed by atoms with Crippen molar-refractivity contribution in [1.82, 2.24) is 0 Å². The minimum Gasteiger partial charge on any atom is -0.486 e. The number of ether oxygens (including phenoxy) is 2. The lowest BCUT2D eigenvalue weighted by Crippen LogP contribution is -2.29. The van der Waals surface area contributed by atoms with E-state index in [0.29, 0.717) is 29.4 Å². The molecule has 0 unspecified atom stereocenters. The van der Waals surface area contributed by atoms with E-state index in [0.717, 1.165) is 48.6 Å². The monoisotopic (exact) mass is 369 g/mol. The van der Waals surface area contributed by atoms with Crippen molar-refractivity contribution >= 4 is 27.5 Å². The van der Waals surface area contributed by atoms with E-state index >= 15 is 0 Å². The van der Waals surface area contributed by atoms with Gasteiger partial charge in [0.2, 0.25) is 5.43 Å². The molecule has 0 N–H and O–H groups in total. The molecule has 4 heterocycles. The van der Waals surface area contributed by atoms with Gasteiger partial charge >= 0.3 is 0 Å². The van der Waals surface area contributed by atoms with E-state index in [-0.39, 0.29) is 5.43 Å². The van der Waals surface area contributed by atoms with E-state index in [2.05, 4.69) is 4.90 Å². The second kappa shape index (κ2) is 6.36. The molecule has 0 aliphatic carbocycles. The van der Waals surface area contributed by atoms with E-state index in [9.17, 15) is 4.79 Å². The Morgan fingerprint density at radius 1 is 0.962 bits per heavy atom. The zero-order valence-corrected chi connectivity index (χ0v) is 15.1. The van der Waals surface area contributed by atoms with Crippen LogP contribution in [0, 0.1) is 0 Å². The van der Waals surface area contributed by atoms with E-state index in [1.54, 1.807) is 6.07 Å². The topological polar surface area (TPSA) is 51.9 Å². The van der Waals surface area contributed by atoms with E-state index in [1.165, 1.54) is 17.8 Å². The van der Waals surface area contributed by atoms with Crippen molar-refractivity contribution in [2.45, 2.75) is 19.3 Å². The summed E-state index contributed by atoms with van der Waals surface area (Å²) in [5, 5.41) is 1.99. The van der Waals surface area contributed by atoms with Gasteiger partial charge in [-0.3, -0.25) is 4.79 Å². The third-order valence-electron chi connectivity index (χ3n) is 4.95. The average molecular weight is 369 g/mol. The van der Waals surface area contributed by atoms with Crippen LogP contribution in [0.15, 0.2) is 38.9 Å². The van der Waals surface area contributed by atoms with Crippen LogP contribution in [-0.4, -0.2) is 26.3 Å². The summed E-state index contributed by atoms with van der Waals surface area (Å²) in [6.07, 6.45) is 3.52. The fraction of sp³-hybridized carbons (Fsp3) is 0.350. The maximum absolute atomic E-state index is 12.6. The van der Waals surface area contributed by atoms with Crippen molar-refractivity contribution in [3.8, 4) is 22.6 Å². The van der Waals surface area contributed by atoms with Gasteiger partial charge in [-0.2, -0.15) is 0 Å². The highest BCUT2D eigenvalue weighted by molar-refractivity contribution is 7.17. The molecule has 0 bridgehead atoms. The minimum absolute atomic E-state index is 0.0283. The Balaban J connectivity index is 1.62. The molecule has 0 saturated carbocycles. The first-order valence-corrected chi connectivity index (χ1v) is 9.88. The van der Waals surface area contributed by atoms with Gasteiger partial charge in [0.15, 0.2) is 23.0 Å². The number of rotatable bonds is 2.